The van der Waals surface area contributed by atoms with Crippen LogP contribution < -0.4 is 10.2 Å². The van der Waals surface area contributed by atoms with Crippen molar-refractivity contribution in [1.82, 2.24) is 5.32 Å². The van der Waals surface area contributed by atoms with Gasteiger partial charge in [-0.25, -0.2) is 14.5 Å². The number of rotatable bonds is 5. The number of fused-ring (bicyclic) bond motifs is 1. The first-order valence-electron chi connectivity index (χ1n) is 13.1. The minimum absolute atomic E-state index is 0.221. The molecule has 3 aromatic rings. The highest BCUT2D eigenvalue weighted by Crippen LogP contribution is 2.51. The number of amides is 3. The van der Waals surface area contributed by atoms with E-state index in [1.165, 1.54) is 0 Å². The first kappa shape index (κ1) is 27.9. The van der Waals surface area contributed by atoms with E-state index in [0.717, 1.165) is 10.5 Å². The minimum atomic E-state index is -1.38. The van der Waals surface area contributed by atoms with Gasteiger partial charge in [0.25, 0.3) is 0 Å². The van der Waals surface area contributed by atoms with Crippen molar-refractivity contribution in [2.24, 2.45) is 0 Å². The average molecular weight is 529 g/mol. The van der Waals surface area contributed by atoms with Crippen molar-refractivity contribution in [1.29, 1.82) is 0 Å². The van der Waals surface area contributed by atoms with E-state index in [1.807, 2.05) is 72.8 Å². The minimum Gasteiger partial charge on any atom is -0.444 e. The van der Waals surface area contributed by atoms with Crippen LogP contribution in [0.4, 0.5) is 15.3 Å². The fourth-order valence-corrected chi connectivity index (χ4v) is 4.99. The van der Waals surface area contributed by atoms with Crippen LogP contribution in [-0.4, -0.2) is 29.3 Å². The summed E-state index contributed by atoms with van der Waals surface area (Å²) in [5, 5.41) is 3.01. The Bertz CT molecular complexity index is 1340. The number of alkyl carbamates (subject to hydrolysis) is 1. The van der Waals surface area contributed by atoms with Crippen molar-refractivity contribution in [2.45, 2.75) is 70.6 Å². The molecule has 0 fully saturated rings. The molecule has 3 aromatic carbocycles. The predicted octanol–water partition coefficient (Wildman–Crippen LogP) is 6.71. The van der Waals surface area contributed by atoms with Gasteiger partial charge in [-0.05, 0) is 70.7 Å². The Balaban J connectivity index is 1.95. The smallest absolute Gasteiger partial charge is 0.421 e. The molecule has 0 saturated heterocycles. The maximum atomic E-state index is 14.7. The highest BCUT2D eigenvalue weighted by atomic mass is 16.6. The van der Waals surface area contributed by atoms with Gasteiger partial charge < -0.3 is 14.8 Å². The topological polar surface area (TPSA) is 84.9 Å². The lowest BCUT2D eigenvalue weighted by Gasteiger charge is -2.38. The molecule has 7 nitrogen and oxygen atoms in total. The lowest BCUT2D eigenvalue weighted by Crippen LogP contribution is -2.54. The molecular weight excluding hydrogens is 492 g/mol. The Labute approximate surface area is 230 Å². The average Bonchev–Trinajstić information content (AvgIpc) is 3.10. The number of imide groups is 1. The van der Waals surface area contributed by atoms with E-state index in [1.54, 1.807) is 53.7 Å². The molecule has 3 amide bonds. The van der Waals surface area contributed by atoms with Crippen molar-refractivity contribution in [3.63, 3.8) is 0 Å². The number of benzene rings is 3. The number of hydrogen-bond acceptors (Lipinski definition) is 5. The van der Waals surface area contributed by atoms with E-state index in [0.29, 0.717) is 16.8 Å². The molecule has 4 rings (SSSR count). The molecule has 1 heterocycles. The number of para-hydroxylation sites is 1. The molecule has 0 aromatic heterocycles. The number of hydrogen-bond donors (Lipinski definition) is 1. The molecule has 0 aliphatic carbocycles. The molecule has 0 bridgehead atoms. The fourth-order valence-electron chi connectivity index (χ4n) is 4.99. The number of carbonyl (C=O) groups excluding carboxylic acids is 3. The van der Waals surface area contributed by atoms with Crippen LogP contribution in [0.25, 0.3) is 0 Å². The summed E-state index contributed by atoms with van der Waals surface area (Å²) in [7, 11) is 0. The fraction of sp³-hybridized carbons (Fsp3) is 0.344. The van der Waals surface area contributed by atoms with E-state index < -0.39 is 40.8 Å². The third-order valence-corrected chi connectivity index (χ3v) is 6.40. The van der Waals surface area contributed by atoms with E-state index in [-0.39, 0.29) is 6.42 Å². The predicted molar refractivity (Wildman–Crippen MR) is 151 cm³/mol. The number of carbonyl (C=O) groups is 3. The number of nitrogens with one attached hydrogen (secondary N) is 1. The molecular formula is C32H36N2O5. The van der Waals surface area contributed by atoms with Gasteiger partial charge in [-0.3, -0.25) is 4.79 Å². The molecule has 0 radical (unpaired) electrons. The quantitative estimate of drug-likeness (QED) is 0.398. The summed E-state index contributed by atoms with van der Waals surface area (Å²) < 4.78 is 11.3. The lowest BCUT2D eigenvalue weighted by molar-refractivity contribution is -0.124. The van der Waals surface area contributed by atoms with Crippen molar-refractivity contribution in [2.75, 3.05) is 4.90 Å². The molecule has 0 spiro atoms. The molecule has 0 unspecified atom stereocenters. The van der Waals surface area contributed by atoms with E-state index in [2.05, 4.69) is 5.32 Å². The number of ether oxygens (including phenoxy) is 2. The van der Waals surface area contributed by atoms with Crippen LogP contribution in [0.15, 0.2) is 84.9 Å². The largest absolute Gasteiger partial charge is 0.444 e. The van der Waals surface area contributed by atoms with Gasteiger partial charge in [-0.15, -0.1) is 0 Å². The van der Waals surface area contributed by atoms with Gasteiger partial charge in [0.15, 0.2) is 0 Å². The van der Waals surface area contributed by atoms with Crippen LogP contribution in [0, 0.1) is 0 Å². The summed E-state index contributed by atoms with van der Waals surface area (Å²) in [5.74, 6) is -0.480. The SMILES string of the molecule is CC(C)(C)OC(=O)N[C@H](c1ccccc1)[C@@]1(Cc2ccccc2)C(=O)N(C(=O)OC(C)(C)C)c2ccccc21. The van der Waals surface area contributed by atoms with Gasteiger partial charge in [0, 0.05) is 0 Å². The van der Waals surface area contributed by atoms with Crippen molar-refractivity contribution >= 4 is 23.8 Å². The summed E-state index contributed by atoms with van der Waals surface area (Å²) in [6.07, 6.45) is -1.21. The Morgan fingerprint density at radius 1 is 0.795 bits per heavy atom. The normalized spacial score (nSPS) is 17.8. The monoisotopic (exact) mass is 528 g/mol. The summed E-state index contributed by atoms with van der Waals surface area (Å²) in [6.45, 7) is 10.6. The Hall–Kier alpha value is -4.13. The van der Waals surface area contributed by atoms with Crippen molar-refractivity contribution < 1.29 is 23.9 Å². The molecule has 39 heavy (non-hydrogen) atoms. The summed E-state index contributed by atoms with van der Waals surface area (Å²) in [5.41, 5.74) is -0.322. The molecule has 0 saturated carbocycles. The molecule has 204 valence electrons. The number of anilines is 1. The maximum absolute atomic E-state index is 14.7. The van der Waals surface area contributed by atoms with Crippen LogP contribution in [0.1, 0.15) is 64.3 Å². The van der Waals surface area contributed by atoms with Gasteiger partial charge in [0.2, 0.25) is 5.91 Å². The number of nitrogens with zero attached hydrogens (tertiary/aromatic N) is 1. The van der Waals surface area contributed by atoms with Crippen LogP contribution in [-0.2, 0) is 26.1 Å². The van der Waals surface area contributed by atoms with Crippen molar-refractivity contribution in [3.8, 4) is 0 Å². The molecule has 1 aliphatic heterocycles. The molecule has 2 atom stereocenters. The molecule has 1 aliphatic rings. The first-order valence-corrected chi connectivity index (χ1v) is 13.1. The Morgan fingerprint density at radius 3 is 1.92 bits per heavy atom. The summed E-state index contributed by atoms with van der Waals surface area (Å²) in [6, 6.07) is 25.2. The van der Waals surface area contributed by atoms with Crippen molar-refractivity contribution in [3.05, 3.63) is 102 Å². The highest BCUT2D eigenvalue weighted by Gasteiger charge is 2.59. The van der Waals surface area contributed by atoms with Gasteiger partial charge in [0.1, 0.15) is 16.6 Å². The zero-order valence-corrected chi connectivity index (χ0v) is 23.4. The third kappa shape index (κ3) is 5.98. The summed E-state index contributed by atoms with van der Waals surface area (Å²) in [4.78, 5) is 42.6. The second-order valence-corrected chi connectivity index (χ2v) is 11.8. The van der Waals surface area contributed by atoms with E-state index in [4.69, 9.17) is 9.47 Å². The molecule has 7 heteroatoms. The van der Waals surface area contributed by atoms with E-state index in [9.17, 15) is 14.4 Å². The first-order chi connectivity index (χ1) is 18.3. The van der Waals surface area contributed by atoms with E-state index >= 15 is 0 Å². The molecule has 1 N–H and O–H groups in total. The van der Waals surface area contributed by atoms with Crippen LogP contribution >= 0.6 is 0 Å². The van der Waals surface area contributed by atoms with Crippen LogP contribution in [0.3, 0.4) is 0 Å². The zero-order chi connectivity index (χ0) is 28.4. The van der Waals surface area contributed by atoms with Gasteiger partial charge in [0.05, 0.1) is 11.7 Å². The van der Waals surface area contributed by atoms with Gasteiger partial charge in [-0.1, -0.05) is 78.9 Å². The lowest BCUT2D eigenvalue weighted by atomic mass is 9.68. The third-order valence-electron chi connectivity index (χ3n) is 6.40. The van der Waals surface area contributed by atoms with Crippen LogP contribution in [0.5, 0.6) is 0 Å². The Kier molecular flexibility index (Phi) is 7.55. The second-order valence-electron chi connectivity index (χ2n) is 11.8. The summed E-state index contributed by atoms with van der Waals surface area (Å²) >= 11 is 0. The highest BCUT2D eigenvalue weighted by molar-refractivity contribution is 6.21. The Morgan fingerprint density at radius 2 is 1.33 bits per heavy atom. The second kappa shape index (κ2) is 10.6. The van der Waals surface area contributed by atoms with Gasteiger partial charge in [-0.2, -0.15) is 0 Å². The van der Waals surface area contributed by atoms with Gasteiger partial charge >= 0.3 is 12.2 Å². The zero-order valence-electron chi connectivity index (χ0n) is 23.4. The standard InChI is InChI=1S/C32H36N2O5/c1-30(2,3)38-28(36)33-26(23-17-11-8-12-18-23)32(21-22-15-9-7-10-16-22)24-19-13-14-20-25(24)34(27(32)35)29(37)39-31(4,5)6/h7-20,26H,21H2,1-6H3,(H,33,36)/t26-,32+/m1/s1. The maximum Gasteiger partial charge on any atom is 0.421 e. The van der Waals surface area contributed by atoms with Crippen LogP contribution in [0.2, 0.25) is 0 Å².